The van der Waals surface area contributed by atoms with Crippen LogP contribution >= 0.6 is 11.8 Å². The Bertz CT molecular complexity index is 1140. The van der Waals surface area contributed by atoms with Crippen molar-refractivity contribution < 1.29 is 21.6 Å². The number of primary sulfonamides is 1. The van der Waals surface area contributed by atoms with Gasteiger partial charge in [-0.05, 0) is 24.0 Å². The number of rotatable bonds is 9. The number of thioether (sulfide) groups is 1. The number of hydrogen-bond donors (Lipinski definition) is 2. The van der Waals surface area contributed by atoms with Crippen LogP contribution in [0.2, 0.25) is 0 Å². The Hall–Kier alpha value is -2.49. The van der Waals surface area contributed by atoms with E-state index in [1.807, 2.05) is 60.7 Å². The molecule has 31 heavy (non-hydrogen) atoms. The first-order valence-electron chi connectivity index (χ1n) is 9.46. The van der Waals surface area contributed by atoms with Gasteiger partial charge in [-0.1, -0.05) is 60.7 Å². The lowest BCUT2D eigenvalue weighted by atomic mass is 10.1. The summed E-state index contributed by atoms with van der Waals surface area (Å²) in [5.41, 5.74) is 1.21. The van der Waals surface area contributed by atoms with Crippen LogP contribution in [-0.2, 0) is 22.9 Å². The molecule has 0 saturated heterocycles. The average Bonchev–Trinajstić information content (AvgIpc) is 2.74. The van der Waals surface area contributed by atoms with Crippen molar-refractivity contribution in [2.45, 2.75) is 22.6 Å². The van der Waals surface area contributed by atoms with Gasteiger partial charge in [0.2, 0.25) is 10.0 Å². The molecule has 0 radical (unpaired) electrons. The third-order valence-electron chi connectivity index (χ3n) is 4.56. The molecule has 0 unspecified atom stereocenters. The van der Waals surface area contributed by atoms with E-state index in [0.717, 1.165) is 22.9 Å². The summed E-state index contributed by atoms with van der Waals surface area (Å²) in [5.74, 6) is -4.15. The second-order valence-corrected chi connectivity index (χ2v) is 9.37. The minimum absolute atomic E-state index is 0.0998. The van der Waals surface area contributed by atoms with Crippen LogP contribution in [0.15, 0.2) is 70.5 Å². The fraction of sp³-hybridized carbons (Fsp3) is 0.182. The van der Waals surface area contributed by atoms with Gasteiger partial charge in [-0.2, -0.15) is 0 Å². The summed E-state index contributed by atoms with van der Waals surface area (Å²) in [5, 5.41) is 7.66. The molecular weight excluding hydrogens is 445 g/mol. The Labute approximate surface area is 183 Å². The van der Waals surface area contributed by atoms with E-state index < -0.39 is 43.0 Å². The van der Waals surface area contributed by atoms with Crippen molar-refractivity contribution in [2.75, 3.05) is 17.6 Å². The van der Waals surface area contributed by atoms with Crippen molar-refractivity contribution in [3.63, 3.8) is 0 Å². The number of nitrogens with two attached hydrogens (primary N) is 1. The SMILES string of the molecule is NS(=O)(=O)c1c(F)c(F)c(SCCc2ccccc2)c(F)c1NCCc1ccccc1. The molecule has 3 rings (SSSR count). The fourth-order valence-corrected chi connectivity index (χ4v) is 4.84. The number of nitrogens with one attached hydrogen (secondary N) is 1. The molecule has 4 nitrogen and oxygen atoms in total. The molecular formula is C22H21F3N2O2S2. The number of hydrogen-bond acceptors (Lipinski definition) is 4. The van der Waals surface area contributed by atoms with Crippen molar-refractivity contribution in [1.29, 1.82) is 0 Å². The van der Waals surface area contributed by atoms with Crippen LogP contribution in [0.1, 0.15) is 11.1 Å². The summed E-state index contributed by atoms with van der Waals surface area (Å²) in [6, 6.07) is 18.4. The zero-order valence-corrected chi connectivity index (χ0v) is 18.1. The van der Waals surface area contributed by atoms with Crippen molar-refractivity contribution in [3.05, 3.63) is 89.2 Å². The molecule has 0 bridgehead atoms. The first kappa shape index (κ1) is 23.2. The predicted molar refractivity (Wildman–Crippen MR) is 117 cm³/mol. The molecule has 0 aliphatic rings. The maximum atomic E-state index is 15.1. The molecule has 3 N–H and O–H groups in total. The molecule has 0 aromatic heterocycles. The molecule has 0 aliphatic heterocycles. The topological polar surface area (TPSA) is 72.2 Å². The molecule has 0 atom stereocenters. The van der Waals surface area contributed by atoms with E-state index in [4.69, 9.17) is 5.14 Å². The van der Waals surface area contributed by atoms with Crippen LogP contribution in [-0.4, -0.2) is 20.7 Å². The summed E-state index contributed by atoms with van der Waals surface area (Å²) in [6.07, 6.45) is 0.916. The van der Waals surface area contributed by atoms with E-state index in [1.54, 1.807) is 0 Å². The fourth-order valence-electron chi connectivity index (χ4n) is 3.06. The smallest absolute Gasteiger partial charge is 0.243 e. The highest BCUT2D eigenvalue weighted by Gasteiger charge is 2.31. The molecule has 0 saturated carbocycles. The van der Waals surface area contributed by atoms with Crippen molar-refractivity contribution in [2.24, 2.45) is 5.14 Å². The van der Waals surface area contributed by atoms with E-state index >= 15 is 4.39 Å². The molecule has 9 heteroatoms. The van der Waals surface area contributed by atoms with E-state index in [1.165, 1.54) is 0 Å². The minimum Gasteiger partial charge on any atom is -0.381 e. The van der Waals surface area contributed by atoms with Gasteiger partial charge >= 0.3 is 0 Å². The predicted octanol–water partition coefficient (Wildman–Crippen LogP) is 4.74. The zero-order valence-electron chi connectivity index (χ0n) is 16.4. The van der Waals surface area contributed by atoms with Crippen molar-refractivity contribution in [1.82, 2.24) is 0 Å². The van der Waals surface area contributed by atoms with Gasteiger partial charge in [0.25, 0.3) is 0 Å². The van der Waals surface area contributed by atoms with Crippen molar-refractivity contribution in [3.8, 4) is 0 Å². The Morgan fingerprint density at radius 3 is 1.90 bits per heavy atom. The highest BCUT2D eigenvalue weighted by Crippen LogP contribution is 2.37. The standard InChI is InChI=1S/C22H21F3N2O2S2/c23-17-18(24)22(31(26,28)29)20(27-13-11-15-7-3-1-4-8-15)19(25)21(17)30-14-12-16-9-5-2-6-10-16/h1-10,27H,11-14H2,(H2,26,28,29). The monoisotopic (exact) mass is 466 g/mol. The van der Waals surface area contributed by atoms with Gasteiger partial charge in [0, 0.05) is 12.3 Å². The van der Waals surface area contributed by atoms with Crippen molar-refractivity contribution >= 4 is 27.5 Å². The first-order valence-corrected chi connectivity index (χ1v) is 12.0. The highest BCUT2D eigenvalue weighted by atomic mass is 32.2. The number of benzene rings is 3. The summed E-state index contributed by atoms with van der Waals surface area (Å²) in [7, 11) is -4.71. The van der Waals surface area contributed by atoms with Crippen LogP contribution in [0, 0.1) is 17.5 Å². The molecule has 0 spiro atoms. The Kier molecular flexibility index (Phi) is 7.64. The van der Waals surface area contributed by atoms with Gasteiger partial charge in [0.1, 0.15) is 4.90 Å². The third kappa shape index (κ3) is 5.81. The van der Waals surface area contributed by atoms with E-state index in [0.29, 0.717) is 12.8 Å². The highest BCUT2D eigenvalue weighted by molar-refractivity contribution is 7.99. The lowest BCUT2D eigenvalue weighted by Gasteiger charge is -2.16. The maximum absolute atomic E-state index is 15.1. The van der Waals surface area contributed by atoms with Crippen LogP contribution < -0.4 is 10.5 Å². The van der Waals surface area contributed by atoms with Gasteiger partial charge < -0.3 is 5.32 Å². The van der Waals surface area contributed by atoms with E-state index in [9.17, 15) is 17.2 Å². The average molecular weight is 467 g/mol. The summed E-state index contributed by atoms with van der Waals surface area (Å²) < 4.78 is 68.1. The first-order chi connectivity index (χ1) is 14.8. The van der Waals surface area contributed by atoms with Crippen LogP contribution in [0.25, 0.3) is 0 Å². The van der Waals surface area contributed by atoms with Crippen LogP contribution in [0.4, 0.5) is 18.9 Å². The molecule has 3 aromatic carbocycles. The molecule has 3 aromatic rings. The number of aryl methyl sites for hydroxylation is 1. The van der Waals surface area contributed by atoms with Gasteiger partial charge in [0.15, 0.2) is 17.5 Å². The Morgan fingerprint density at radius 2 is 1.35 bits per heavy atom. The van der Waals surface area contributed by atoms with Crippen LogP contribution in [0.3, 0.4) is 0 Å². The van der Waals surface area contributed by atoms with Gasteiger partial charge in [0.05, 0.1) is 10.6 Å². The Balaban J connectivity index is 1.87. The summed E-state index contributed by atoms with van der Waals surface area (Å²) in [6.45, 7) is 0.0998. The quantitative estimate of drug-likeness (QED) is 0.353. The minimum atomic E-state index is -4.71. The second kappa shape index (κ2) is 10.2. The van der Waals surface area contributed by atoms with E-state index in [-0.39, 0.29) is 12.3 Å². The normalized spacial score (nSPS) is 11.5. The van der Waals surface area contributed by atoms with Gasteiger partial charge in [-0.3, -0.25) is 0 Å². The maximum Gasteiger partial charge on any atom is 0.243 e. The van der Waals surface area contributed by atoms with Crippen LogP contribution in [0.5, 0.6) is 0 Å². The third-order valence-corrected chi connectivity index (χ3v) is 6.57. The number of sulfonamides is 1. The molecule has 0 amide bonds. The van der Waals surface area contributed by atoms with E-state index in [2.05, 4.69) is 5.32 Å². The van der Waals surface area contributed by atoms with Gasteiger partial charge in [-0.25, -0.2) is 26.7 Å². The lowest BCUT2D eigenvalue weighted by molar-refractivity contribution is 0.448. The largest absolute Gasteiger partial charge is 0.381 e. The second-order valence-electron chi connectivity index (χ2n) is 6.77. The molecule has 164 valence electrons. The van der Waals surface area contributed by atoms with Gasteiger partial charge in [-0.15, -0.1) is 11.8 Å². The Morgan fingerprint density at radius 1 is 0.806 bits per heavy atom. The molecule has 0 aliphatic carbocycles. The summed E-state index contributed by atoms with van der Waals surface area (Å²) in [4.78, 5) is -1.79. The molecule has 0 heterocycles. The zero-order chi connectivity index (χ0) is 22.4. The lowest BCUT2D eigenvalue weighted by Crippen LogP contribution is -2.20. The number of halogens is 3. The molecule has 0 fully saturated rings. The summed E-state index contributed by atoms with van der Waals surface area (Å²) >= 11 is 0.780. The number of anilines is 1.